The molecule has 0 unspecified atom stereocenters. The summed E-state index contributed by atoms with van der Waals surface area (Å²) in [6, 6.07) is 11.5. The summed E-state index contributed by atoms with van der Waals surface area (Å²) >= 11 is 0. The topological polar surface area (TPSA) is 61.4 Å². The highest BCUT2D eigenvalue weighted by Gasteiger charge is 2.19. The molecule has 27 heavy (non-hydrogen) atoms. The molecule has 2 N–H and O–H groups in total. The van der Waals surface area contributed by atoms with Gasteiger partial charge in [0.1, 0.15) is 0 Å². The minimum atomic E-state index is -0.110. The van der Waals surface area contributed by atoms with Gasteiger partial charge in [0.25, 0.3) is 5.91 Å². The molecule has 1 aliphatic rings. The highest BCUT2D eigenvalue weighted by atomic mass is 16.2. The number of hydrogen-bond acceptors (Lipinski definition) is 3. The maximum Gasteiger partial charge on any atom is 0.253 e. The van der Waals surface area contributed by atoms with Crippen molar-refractivity contribution in [2.24, 2.45) is 0 Å². The predicted octanol–water partition coefficient (Wildman–Crippen LogP) is 3.90. The molecule has 0 aromatic heterocycles. The quantitative estimate of drug-likeness (QED) is 0.845. The second-order valence-corrected chi connectivity index (χ2v) is 7.26. The third kappa shape index (κ3) is 4.67. The number of amides is 2. The van der Waals surface area contributed by atoms with Gasteiger partial charge in [-0.1, -0.05) is 23.8 Å². The molecular formula is C22H27N3O2. The summed E-state index contributed by atoms with van der Waals surface area (Å²) in [6.45, 7) is 7.84. The SMILES string of the molecule is Cc1cc(C)c(NC(=O)CNc2cccc(C(=O)N3CCCC3)c2)c(C)c1. The highest BCUT2D eigenvalue weighted by molar-refractivity contribution is 5.97. The molecule has 0 bridgehead atoms. The molecule has 2 aromatic rings. The van der Waals surface area contributed by atoms with Crippen molar-refractivity contribution >= 4 is 23.2 Å². The Hall–Kier alpha value is -2.82. The van der Waals surface area contributed by atoms with Gasteiger partial charge in [-0.15, -0.1) is 0 Å². The van der Waals surface area contributed by atoms with Crippen molar-refractivity contribution in [3.63, 3.8) is 0 Å². The van der Waals surface area contributed by atoms with E-state index in [1.165, 1.54) is 5.56 Å². The lowest BCUT2D eigenvalue weighted by Gasteiger charge is -2.16. The molecule has 0 atom stereocenters. The molecule has 5 heteroatoms. The normalized spacial score (nSPS) is 13.5. The van der Waals surface area contributed by atoms with Crippen LogP contribution in [0.4, 0.5) is 11.4 Å². The summed E-state index contributed by atoms with van der Waals surface area (Å²) < 4.78 is 0. The van der Waals surface area contributed by atoms with Crippen LogP contribution in [0.15, 0.2) is 36.4 Å². The number of likely N-dealkylation sites (tertiary alicyclic amines) is 1. The average molecular weight is 365 g/mol. The van der Waals surface area contributed by atoms with Gasteiger partial charge in [0.05, 0.1) is 6.54 Å². The van der Waals surface area contributed by atoms with Gasteiger partial charge in [0.2, 0.25) is 5.91 Å². The molecule has 142 valence electrons. The Morgan fingerprint density at radius 1 is 1.00 bits per heavy atom. The molecule has 1 heterocycles. The summed E-state index contributed by atoms with van der Waals surface area (Å²) in [5.74, 6) is -0.0483. The van der Waals surface area contributed by atoms with E-state index in [1.54, 1.807) is 0 Å². The van der Waals surface area contributed by atoms with Crippen LogP contribution < -0.4 is 10.6 Å². The number of carbonyl (C=O) groups excluding carboxylic acids is 2. The van der Waals surface area contributed by atoms with Crippen molar-refractivity contribution < 1.29 is 9.59 Å². The molecule has 1 fully saturated rings. The van der Waals surface area contributed by atoms with Gasteiger partial charge in [-0.25, -0.2) is 0 Å². The van der Waals surface area contributed by atoms with Crippen molar-refractivity contribution in [2.75, 3.05) is 30.3 Å². The van der Waals surface area contributed by atoms with Crippen LogP contribution in [0.25, 0.3) is 0 Å². The van der Waals surface area contributed by atoms with E-state index in [4.69, 9.17) is 0 Å². The van der Waals surface area contributed by atoms with Crippen molar-refractivity contribution in [3.05, 3.63) is 58.7 Å². The monoisotopic (exact) mass is 365 g/mol. The van der Waals surface area contributed by atoms with Gasteiger partial charge in [-0.05, 0) is 62.9 Å². The second kappa shape index (κ2) is 8.25. The van der Waals surface area contributed by atoms with Gasteiger partial charge in [-0.3, -0.25) is 9.59 Å². The predicted molar refractivity (Wildman–Crippen MR) is 109 cm³/mol. The van der Waals surface area contributed by atoms with Crippen molar-refractivity contribution in [3.8, 4) is 0 Å². The molecule has 0 saturated carbocycles. The van der Waals surface area contributed by atoms with Crippen molar-refractivity contribution in [1.29, 1.82) is 0 Å². The van der Waals surface area contributed by atoms with Crippen molar-refractivity contribution in [1.82, 2.24) is 4.90 Å². The molecule has 5 nitrogen and oxygen atoms in total. The Kier molecular flexibility index (Phi) is 5.79. The molecule has 1 saturated heterocycles. The fourth-order valence-electron chi connectivity index (χ4n) is 3.61. The first-order valence-electron chi connectivity index (χ1n) is 9.45. The smallest absolute Gasteiger partial charge is 0.253 e. The van der Waals surface area contributed by atoms with E-state index in [1.807, 2.05) is 49.9 Å². The number of rotatable bonds is 5. The van der Waals surface area contributed by atoms with Gasteiger partial charge >= 0.3 is 0 Å². The Labute approximate surface area is 160 Å². The van der Waals surface area contributed by atoms with Crippen LogP contribution in [0.3, 0.4) is 0 Å². The highest BCUT2D eigenvalue weighted by Crippen LogP contribution is 2.22. The lowest BCUT2D eigenvalue weighted by Crippen LogP contribution is -2.27. The minimum Gasteiger partial charge on any atom is -0.376 e. The van der Waals surface area contributed by atoms with E-state index >= 15 is 0 Å². The molecule has 0 aliphatic carbocycles. The number of anilines is 2. The fraction of sp³-hybridized carbons (Fsp3) is 0.364. The number of nitrogens with zero attached hydrogens (tertiary/aromatic N) is 1. The first-order chi connectivity index (χ1) is 12.9. The maximum atomic E-state index is 12.5. The summed E-state index contributed by atoms with van der Waals surface area (Å²) in [6.07, 6.45) is 2.14. The maximum absolute atomic E-state index is 12.5. The van der Waals surface area contributed by atoms with E-state index in [-0.39, 0.29) is 18.4 Å². The van der Waals surface area contributed by atoms with Crippen LogP contribution in [0.5, 0.6) is 0 Å². The van der Waals surface area contributed by atoms with E-state index in [2.05, 4.69) is 22.8 Å². The van der Waals surface area contributed by atoms with E-state index in [0.717, 1.165) is 48.4 Å². The van der Waals surface area contributed by atoms with Crippen molar-refractivity contribution in [2.45, 2.75) is 33.6 Å². The Balaban J connectivity index is 1.61. The molecule has 2 amide bonds. The number of hydrogen-bond donors (Lipinski definition) is 2. The fourth-order valence-corrected chi connectivity index (χ4v) is 3.61. The van der Waals surface area contributed by atoms with E-state index in [9.17, 15) is 9.59 Å². The molecule has 0 radical (unpaired) electrons. The number of benzene rings is 2. The zero-order valence-electron chi connectivity index (χ0n) is 16.3. The zero-order chi connectivity index (χ0) is 19.4. The third-order valence-corrected chi connectivity index (χ3v) is 4.90. The van der Waals surface area contributed by atoms with E-state index in [0.29, 0.717) is 5.56 Å². The van der Waals surface area contributed by atoms with Crippen LogP contribution in [0.2, 0.25) is 0 Å². The summed E-state index contributed by atoms with van der Waals surface area (Å²) in [5.41, 5.74) is 5.59. The van der Waals surface area contributed by atoms with Gasteiger partial charge < -0.3 is 15.5 Å². The Morgan fingerprint density at radius 2 is 1.67 bits per heavy atom. The standard InChI is InChI=1S/C22H27N3O2/c1-15-11-16(2)21(17(3)12-15)24-20(26)14-23-19-8-6-7-18(13-19)22(27)25-9-4-5-10-25/h6-8,11-13,23H,4-5,9-10,14H2,1-3H3,(H,24,26). The third-order valence-electron chi connectivity index (χ3n) is 4.90. The van der Waals surface area contributed by atoms with Gasteiger partial charge in [0, 0.05) is 30.0 Å². The van der Waals surface area contributed by atoms with Crippen LogP contribution >= 0.6 is 0 Å². The number of aryl methyl sites for hydroxylation is 3. The Bertz CT molecular complexity index is 831. The average Bonchev–Trinajstić information content (AvgIpc) is 3.17. The van der Waals surface area contributed by atoms with Gasteiger partial charge in [0.15, 0.2) is 0 Å². The number of carbonyl (C=O) groups is 2. The summed E-state index contributed by atoms with van der Waals surface area (Å²) in [4.78, 5) is 26.7. The van der Waals surface area contributed by atoms with Crippen LogP contribution in [0.1, 0.15) is 39.9 Å². The van der Waals surface area contributed by atoms with E-state index < -0.39 is 0 Å². The number of nitrogens with one attached hydrogen (secondary N) is 2. The van der Waals surface area contributed by atoms with Crippen LogP contribution in [-0.4, -0.2) is 36.3 Å². The molecule has 0 spiro atoms. The first kappa shape index (κ1) is 19.0. The minimum absolute atomic E-state index is 0.0616. The lowest BCUT2D eigenvalue weighted by atomic mass is 10.1. The zero-order valence-corrected chi connectivity index (χ0v) is 16.3. The first-order valence-corrected chi connectivity index (χ1v) is 9.45. The summed E-state index contributed by atoms with van der Waals surface area (Å²) in [5, 5.41) is 6.10. The molecule has 1 aliphatic heterocycles. The van der Waals surface area contributed by atoms with Crippen LogP contribution in [0, 0.1) is 20.8 Å². The largest absolute Gasteiger partial charge is 0.376 e. The second-order valence-electron chi connectivity index (χ2n) is 7.26. The molecule has 3 rings (SSSR count). The lowest BCUT2D eigenvalue weighted by molar-refractivity contribution is -0.114. The molecular weight excluding hydrogens is 338 g/mol. The summed E-state index contributed by atoms with van der Waals surface area (Å²) in [7, 11) is 0. The van der Waals surface area contributed by atoms with Crippen LogP contribution in [-0.2, 0) is 4.79 Å². The van der Waals surface area contributed by atoms with Gasteiger partial charge in [-0.2, -0.15) is 0 Å². The Morgan fingerprint density at radius 3 is 2.33 bits per heavy atom. The molecule has 2 aromatic carbocycles.